The van der Waals surface area contributed by atoms with Crippen molar-refractivity contribution in [3.05, 3.63) is 53.9 Å². The van der Waals surface area contributed by atoms with Gasteiger partial charge in [0.15, 0.2) is 0 Å². The second-order valence-electron chi connectivity index (χ2n) is 3.31. The van der Waals surface area contributed by atoms with Crippen LogP contribution in [0.5, 0.6) is 0 Å². The summed E-state index contributed by atoms with van der Waals surface area (Å²) in [6, 6.07) is 9.11. The number of rotatable bonds is 2. The molecule has 0 bridgehead atoms. The van der Waals surface area contributed by atoms with Crippen molar-refractivity contribution in [2.75, 3.05) is 0 Å². The fourth-order valence-corrected chi connectivity index (χ4v) is 2.00. The lowest BCUT2D eigenvalue weighted by Gasteiger charge is -2.08. The predicted molar refractivity (Wildman–Crippen MR) is 63.6 cm³/mol. The van der Waals surface area contributed by atoms with Crippen LogP contribution in [-0.4, -0.2) is 0 Å². The molecule has 2 aromatic rings. The third-order valence-corrected chi connectivity index (χ3v) is 2.75. The van der Waals surface area contributed by atoms with Crippen LogP contribution in [0.3, 0.4) is 0 Å². The maximum Gasteiger partial charge on any atom is 0.128 e. The standard InChI is InChI=1S/C13H10ClF/c1-2-9-7-13(15)12(8-14)11-6-4-3-5-10(9)11/h2-7H,1,8H2. The van der Waals surface area contributed by atoms with Crippen LogP contribution in [0.4, 0.5) is 4.39 Å². The smallest absolute Gasteiger partial charge is 0.128 e. The Labute approximate surface area is 93.0 Å². The lowest BCUT2D eigenvalue weighted by atomic mass is 10.00. The minimum Gasteiger partial charge on any atom is -0.207 e. The summed E-state index contributed by atoms with van der Waals surface area (Å²) >= 11 is 5.74. The molecule has 0 atom stereocenters. The van der Waals surface area contributed by atoms with Crippen LogP contribution in [0.2, 0.25) is 0 Å². The molecule has 0 unspecified atom stereocenters. The van der Waals surface area contributed by atoms with Gasteiger partial charge in [0.2, 0.25) is 0 Å². The van der Waals surface area contributed by atoms with Gasteiger partial charge in [-0.3, -0.25) is 0 Å². The van der Waals surface area contributed by atoms with Gasteiger partial charge < -0.3 is 0 Å². The Morgan fingerprint density at radius 3 is 2.53 bits per heavy atom. The fourth-order valence-electron chi connectivity index (χ4n) is 1.73. The molecule has 0 aliphatic rings. The van der Waals surface area contributed by atoms with E-state index >= 15 is 0 Å². The number of halogens is 2. The van der Waals surface area contributed by atoms with Crippen LogP contribution < -0.4 is 0 Å². The lowest BCUT2D eigenvalue weighted by molar-refractivity contribution is 0.619. The van der Waals surface area contributed by atoms with Gasteiger partial charge in [-0.1, -0.05) is 36.9 Å². The van der Waals surface area contributed by atoms with Gasteiger partial charge in [-0.15, -0.1) is 11.6 Å². The molecule has 0 aliphatic carbocycles. The van der Waals surface area contributed by atoms with Crippen LogP contribution in [0.1, 0.15) is 11.1 Å². The highest BCUT2D eigenvalue weighted by Gasteiger charge is 2.08. The van der Waals surface area contributed by atoms with Gasteiger partial charge in [0.25, 0.3) is 0 Å². The van der Waals surface area contributed by atoms with Gasteiger partial charge in [0, 0.05) is 5.56 Å². The van der Waals surface area contributed by atoms with Crippen LogP contribution in [0.25, 0.3) is 16.8 Å². The van der Waals surface area contributed by atoms with Crippen molar-refractivity contribution in [1.82, 2.24) is 0 Å². The molecular weight excluding hydrogens is 211 g/mol. The maximum absolute atomic E-state index is 13.6. The van der Waals surface area contributed by atoms with Crippen molar-refractivity contribution in [3.8, 4) is 0 Å². The number of hydrogen-bond donors (Lipinski definition) is 0. The van der Waals surface area contributed by atoms with E-state index in [2.05, 4.69) is 6.58 Å². The van der Waals surface area contributed by atoms with Gasteiger partial charge in [0.05, 0.1) is 5.88 Å². The summed E-state index contributed by atoms with van der Waals surface area (Å²) in [5, 5.41) is 1.85. The van der Waals surface area contributed by atoms with Gasteiger partial charge in [-0.2, -0.15) is 0 Å². The van der Waals surface area contributed by atoms with E-state index in [4.69, 9.17) is 11.6 Å². The van der Waals surface area contributed by atoms with Crippen molar-refractivity contribution >= 4 is 28.4 Å². The van der Waals surface area contributed by atoms with E-state index in [-0.39, 0.29) is 11.7 Å². The largest absolute Gasteiger partial charge is 0.207 e. The fraction of sp³-hybridized carbons (Fsp3) is 0.0769. The highest BCUT2D eigenvalue weighted by Crippen LogP contribution is 2.27. The number of hydrogen-bond acceptors (Lipinski definition) is 0. The molecule has 0 N–H and O–H groups in total. The Bertz CT molecular complexity index is 517. The molecule has 0 nitrogen and oxygen atoms in total. The summed E-state index contributed by atoms with van der Waals surface area (Å²) in [6.45, 7) is 3.68. The van der Waals surface area contributed by atoms with E-state index in [1.54, 1.807) is 6.08 Å². The van der Waals surface area contributed by atoms with Crippen LogP contribution >= 0.6 is 11.6 Å². The zero-order valence-corrected chi connectivity index (χ0v) is 8.89. The number of alkyl halides is 1. The molecule has 2 aromatic carbocycles. The summed E-state index contributed by atoms with van der Waals surface area (Å²) in [6.07, 6.45) is 1.66. The van der Waals surface area contributed by atoms with Gasteiger partial charge in [-0.05, 0) is 22.4 Å². The molecule has 2 rings (SSSR count). The minimum atomic E-state index is -0.265. The van der Waals surface area contributed by atoms with E-state index < -0.39 is 0 Å². The van der Waals surface area contributed by atoms with E-state index in [0.717, 1.165) is 16.3 Å². The van der Waals surface area contributed by atoms with Crippen molar-refractivity contribution in [2.45, 2.75) is 5.88 Å². The second-order valence-corrected chi connectivity index (χ2v) is 3.58. The molecule has 0 heterocycles. The molecule has 76 valence electrons. The van der Waals surface area contributed by atoms with Crippen molar-refractivity contribution in [1.29, 1.82) is 0 Å². The maximum atomic E-state index is 13.6. The average Bonchev–Trinajstić information content (AvgIpc) is 2.28. The minimum absolute atomic E-state index is 0.184. The first kappa shape index (κ1) is 10.2. The molecule has 0 amide bonds. The van der Waals surface area contributed by atoms with Gasteiger partial charge in [0.1, 0.15) is 5.82 Å². The molecule has 2 heteroatoms. The lowest BCUT2D eigenvalue weighted by Crippen LogP contribution is -1.91. The van der Waals surface area contributed by atoms with E-state index in [0.29, 0.717) is 5.56 Å². The van der Waals surface area contributed by atoms with E-state index in [1.165, 1.54) is 6.07 Å². The summed E-state index contributed by atoms with van der Waals surface area (Å²) in [7, 11) is 0. The Balaban J connectivity index is 2.92. The first-order valence-electron chi connectivity index (χ1n) is 4.66. The summed E-state index contributed by atoms with van der Waals surface area (Å²) in [5.74, 6) is -0.0809. The average molecular weight is 221 g/mol. The Hall–Kier alpha value is -1.34. The normalized spacial score (nSPS) is 10.5. The first-order chi connectivity index (χ1) is 7.27. The van der Waals surface area contributed by atoms with Crippen LogP contribution in [0.15, 0.2) is 36.9 Å². The molecule has 0 radical (unpaired) electrons. The molecule has 0 aromatic heterocycles. The zero-order chi connectivity index (χ0) is 10.8. The predicted octanol–water partition coefficient (Wildman–Crippen LogP) is 4.36. The molecule has 0 saturated carbocycles. The Kier molecular flexibility index (Phi) is 2.74. The topological polar surface area (TPSA) is 0 Å². The monoisotopic (exact) mass is 220 g/mol. The van der Waals surface area contributed by atoms with E-state index in [1.807, 2.05) is 24.3 Å². The highest BCUT2D eigenvalue weighted by molar-refractivity contribution is 6.18. The van der Waals surface area contributed by atoms with Crippen LogP contribution in [0, 0.1) is 5.82 Å². The Morgan fingerprint density at radius 2 is 1.93 bits per heavy atom. The van der Waals surface area contributed by atoms with Gasteiger partial charge >= 0.3 is 0 Å². The molecule has 0 aliphatic heterocycles. The zero-order valence-electron chi connectivity index (χ0n) is 8.13. The third-order valence-electron chi connectivity index (χ3n) is 2.49. The molecule has 0 saturated heterocycles. The van der Waals surface area contributed by atoms with E-state index in [9.17, 15) is 4.39 Å². The molecular formula is C13H10ClF. The van der Waals surface area contributed by atoms with Crippen LogP contribution in [-0.2, 0) is 5.88 Å². The van der Waals surface area contributed by atoms with Gasteiger partial charge in [-0.25, -0.2) is 4.39 Å². The highest BCUT2D eigenvalue weighted by atomic mass is 35.5. The summed E-state index contributed by atoms with van der Waals surface area (Å²) in [4.78, 5) is 0. The molecule has 0 spiro atoms. The number of benzene rings is 2. The Morgan fingerprint density at radius 1 is 1.27 bits per heavy atom. The molecule has 0 fully saturated rings. The first-order valence-corrected chi connectivity index (χ1v) is 5.20. The van der Waals surface area contributed by atoms with Crippen molar-refractivity contribution in [2.24, 2.45) is 0 Å². The van der Waals surface area contributed by atoms with Crippen molar-refractivity contribution < 1.29 is 4.39 Å². The summed E-state index contributed by atoms with van der Waals surface area (Å²) in [5.41, 5.74) is 1.36. The van der Waals surface area contributed by atoms with Crippen molar-refractivity contribution in [3.63, 3.8) is 0 Å². The second kappa shape index (κ2) is 4.03. The summed E-state index contributed by atoms with van der Waals surface area (Å²) < 4.78 is 13.6. The number of fused-ring (bicyclic) bond motifs is 1. The third kappa shape index (κ3) is 1.64. The molecule has 15 heavy (non-hydrogen) atoms. The SMILES string of the molecule is C=Cc1cc(F)c(CCl)c2ccccc12. The quantitative estimate of drug-likeness (QED) is 0.660.